The average Bonchev–Trinajstić information content (AvgIpc) is 2.89. The van der Waals surface area contributed by atoms with Gasteiger partial charge in [-0.3, -0.25) is 4.79 Å². The summed E-state index contributed by atoms with van der Waals surface area (Å²) < 4.78 is 5.85. The van der Waals surface area contributed by atoms with Gasteiger partial charge in [-0.1, -0.05) is 12.2 Å². The number of aliphatic carboxylic acids is 1. The lowest BCUT2D eigenvalue weighted by molar-refractivity contribution is -0.150. The molecule has 0 spiro atoms. The Labute approximate surface area is 95.5 Å². The largest absolute Gasteiger partial charge is 0.481 e. The van der Waals surface area contributed by atoms with Crippen molar-refractivity contribution < 1.29 is 14.6 Å². The van der Waals surface area contributed by atoms with Crippen LogP contribution in [0.15, 0.2) is 12.2 Å². The zero-order valence-corrected chi connectivity index (χ0v) is 9.39. The lowest BCUT2D eigenvalue weighted by atomic mass is 9.71. The van der Waals surface area contributed by atoms with Crippen molar-refractivity contribution in [1.29, 1.82) is 0 Å². The molecule has 3 heteroatoms. The van der Waals surface area contributed by atoms with Crippen LogP contribution in [0.3, 0.4) is 0 Å². The molecule has 4 atom stereocenters. The van der Waals surface area contributed by atoms with E-state index in [4.69, 9.17) is 4.74 Å². The molecule has 2 bridgehead atoms. The lowest BCUT2D eigenvalue weighted by Gasteiger charge is -2.39. The van der Waals surface area contributed by atoms with Crippen molar-refractivity contribution in [3.8, 4) is 0 Å². The fraction of sp³-hybridized carbons (Fsp3) is 0.769. The van der Waals surface area contributed by atoms with Crippen molar-refractivity contribution in [3.05, 3.63) is 12.2 Å². The Morgan fingerprint density at radius 2 is 2.31 bits per heavy atom. The fourth-order valence-corrected chi connectivity index (χ4v) is 3.81. The minimum Gasteiger partial charge on any atom is -0.481 e. The predicted octanol–water partition coefficient (Wildman–Crippen LogP) is 2.22. The number of ether oxygens (including phenoxy) is 1. The molecule has 1 aliphatic heterocycles. The Bertz CT molecular complexity index is 330. The Kier molecular flexibility index (Phi) is 2.32. The normalized spacial score (nSPS) is 46.1. The van der Waals surface area contributed by atoms with E-state index >= 15 is 0 Å². The van der Waals surface area contributed by atoms with Crippen LogP contribution in [0.2, 0.25) is 0 Å². The number of carboxylic acid groups (broad SMARTS) is 1. The van der Waals surface area contributed by atoms with Crippen LogP contribution in [-0.2, 0) is 9.53 Å². The standard InChI is InChI=1S/C13H18O3/c14-12(15)10-7-9-4-5-13(10,8-9)11-3-1-2-6-16-11/h4-5,9-11H,1-3,6-8H2,(H,14,15). The molecule has 0 aromatic heterocycles. The van der Waals surface area contributed by atoms with Gasteiger partial charge in [0.15, 0.2) is 0 Å². The second-order valence-corrected chi connectivity index (χ2v) is 5.42. The van der Waals surface area contributed by atoms with Crippen LogP contribution >= 0.6 is 0 Å². The minimum absolute atomic E-state index is 0.145. The lowest BCUT2D eigenvalue weighted by Crippen LogP contribution is -2.43. The molecule has 1 heterocycles. The Hall–Kier alpha value is -0.830. The van der Waals surface area contributed by atoms with E-state index in [-0.39, 0.29) is 17.4 Å². The summed E-state index contributed by atoms with van der Waals surface area (Å²) in [5.41, 5.74) is -0.184. The second-order valence-electron chi connectivity index (χ2n) is 5.42. The van der Waals surface area contributed by atoms with Crippen LogP contribution in [0.1, 0.15) is 32.1 Å². The maximum absolute atomic E-state index is 11.3. The first kappa shape index (κ1) is 10.3. The molecule has 2 fully saturated rings. The summed E-state index contributed by atoms with van der Waals surface area (Å²) in [6.07, 6.45) is 9.63. The molecule has 1 saturated carbocycles. The van der Waals surface area contributed by atoms with Crippen LogP contribution in [0.5, 0.6) is 0 Å². The van der Waals surface area contributed by atoms with Gasteiger partial charge in [0.1, 0.15) is 0 Å². The average molecular weight is 222 g/mol. The fourth-order valence-electron chi connectivity index (χ4n) is 3.81. The number of carboxylic acids is 1. The summed E-state index contributed by atoms with van der Waals surface area (Å²) >= 11 is 0. The highest BCUT2D eigenvalue weighted by atomic mass is 16.5. The Morgan fingerprint density at radius 1 is 1.44 bits per heavy atom. The number of hydrogen-bond donors (Lipinski definition) is 1. The number of rotatable bonds is 2. The molecule has 88 valence electrons. The van der Waals surface area contributed by atoms with Gasteiger partial charge in [-0.2, -0.15) is 0 Å². The molecule has 1 saturated heterocycles. The van der Waals surface area contributed by atoms with Gasteiger partial charge >= 0.3 is 5.97 Å². The molecule has 16 heavy (non-hydrogen) atoms. The smallest absolute Gasteiger partial charge is 0.307 e. The number of carbonyl (C=O) groups is 1. The van der Waals surface area contributed by atoms with Gasteiger partial charge in [-0.05, 0) is 38.0 Å². The monoisotopic (exact) mass is 222 g/mol. The van der Waals surface area contributed by atoms with E-state index in [1.807, 2.05) is 0 Å². The van der Waals surface area contributed by atoms with Gasteiger partial charge < -0.3 is 9.84 Å². The van der Waals surface area contributed by atoms with Crippen LogP contribution < -0.4 is 0 Å². The highest BCUT2D eigenvalue weighted by Gasteiger charge is 2.56. The molecule has 3 aliphatic rings. The van der Waals surface area contributed by atoms with Gasteiger partial charge in [0, 0.05) is 12.0 Å². The third-order valence-corrected chi connectivity index (χ3v) is 4.56. The van der Waals surface area contributed by atoms with Crippen molar-refractivity contribution in [3.63, 3.8) is 0 Å². The molecule has 1 N–H and O–H groups in total. The SMILES string of the molecule is O=C(O)C1CC2C=CC1(C1CCCCO1)C2. The summed E-state index contributed by atoms with van der Waals surface area (Å²) in [7, 11) is 0. The third-order valence-electron chi connectivity index (χ3n) is 4.56. The minimum atomic E-state index is -0.638. The number of allylic oxidation sites excluding steroid dienone is 1. The number of hydrogen-bond acceptors (Lipinski definition) is 2. The van der Waals surface area contributed by atoms with E-state index in [1.165, 1.54) is 6.42 Å². The van der Waals surface area contributed by atoms with E-state index in [1.54, 1.807) is 0 Å². The van der Waals surface area contributed by atoms with Crippen LogP contribution in [0, 0.1) is 17.3 Å². The summed E-state index contributed by atoms with van der Waals surface area (Å²) in [4.78, 5) is 11.3. The molecule has 3 rings (SSSR count). The van der Waals surface area contributed by atoms with Gasteiger partial charge in [0.25, 0.3) is 0 Å². The number of fused-ring (bicyclic) bond motifs is 2. The second kappa shape index (κ2) is 3.59. The molecule has 0 radical (unpaired) electrons. The van der Waals surface area contributed by atoms with Gasteiger partial charge in [-0.15, -0.1) is 0 Å². The van der Waals surface area contributed by atoms with Gasteiger partial charge in [0.05, 0.1) is 12.0 Å². The first-order valence-corrected chi connectivity index (χ1v) is 6.26. The van der Waals surface area contributed by atoms with E-state index in [9.17, 15) is 9.90 Å². The molecule has 0 aromatic carbocycles. The molecule has 4 unspecified atom stereocenters. The van der Waals surface area contributed by atoms with Crippen molar-refractivity contribution in [1.82, 2.24) is 0 Å². The summed E-state index contributed by atoms with van der Waals surface area (Å²) in [6.45, 7) is 0.803. The zero-order chi connectivity index (χ0) is 11.2. The molecule has 2 aliphatic carbocycles. The van der Waals surface area contributed by atoms with Gasteiger partial charge in [-0.25, -0.2) is 0 Å². The van der Waals surface area contributed by atoms with Crippen molar-refractivity contribution in [2.24, 2.45) is 17.3 Å². The topological polar surface area (TPSA) is 46.5 Å². The molecular formula is C13H18O3. The van der Waals surface area contributed by atoms with Crippen molar-refractivity contribution in [2.45, 2.75) is 38.2 Å². The summed E-state index contributed by atoms with van der Waals surface area (Å²) in [5, 5.41) is 9.34. The highest BCUT2D eigenvalue weighted by molar-refractivity contribution is 5.73. The Balaban J connectivity index is 1.88. The summed E-state index contributed by atoms with van der Waals surface area (Å²) in [5.74, 6) is -0.377. The highest BCUT2D eigenvalue weighted by Crippen LogP contribution is 2.57. The summed E-state index contributed by atoms with van der Waals surface area (Å²) in [6, 6.07) is 0. The first-order valence-electron chi connectivity index (χ1n) is 6.26. The van der Waals surface area contributed by atoms with Crippen molar-refractivity contribution in [2.75, 3.05) is 6.61 Å². The Morgan fingerprint density at radius 3 is 2.94 bits per heavy atom. The predicted molar refractivity (Wildman–Crippen MR) is 59.0 cm³/mol. The zero-order valence-electron chi connectivity index (χ0n) is 9.39. The maximum Gasteiger partial charge on any atom is 0.307 e. The third kappa shape index (κ3) is 1.34. The quantitative estimate of drug-likeness (QED) is 0.729. The van der Waals surface area contributed by atoms with Crippen LogP contribution in [0.25, 0.3) is 0 Å². The maximum atomic E-state index is 11.3. The molecular weight excluding hydrogens is 204 g/mol. The molecule has 3 nitrogen and oxygen atoms in total. The first-order chi connectivity index (χ1) is 7.72. The van der Waals surface area contributed by atoms with E-state index in [0.29, 0.717) is 5.92 Å². The van der Waals surface area contributed by atoms with Crippen LogP contribution in [-0.4, -0.2) is 23.8 Å². The van der Waals surface area contributed by atoms with E-state index in [0.717, 1.165) is 32.3 Å². The van der Waals surface area contributed by atoms with E-state index < -0.39 is 5.97 Å². The van der Waals surface area contributed by atoms with Gasteiger partial charge in [0.2, 0.25) is 0 Å². The van der Waals surface area contributed by atoms with E-state index in [2.05, 4.69) is 12.2 Å². The molecule has 0 amide bonds. The van der Waals surface area contributed by atoms with Crippen LogP contribution in [0.4, 0.5) is 0 Å². The van der Waals surface area contributed by atoms with Crippen molar-refractivity contribution >= 4 is 5.97 Å². The molecule has 0 aromatic rings.